The second-order valence-corrected chi connectivity index (χ2v) is 7.64. The van der Waals surface area contributed by atoms with Crippen molar-refractivity contribution in [2.75, 3.05) is 0 Å². The summed E-state index contributed by atoms with van der Waals surface area (Å²) in [7, 11) is 0. The molecule has 0 N–H and O–H groups in total. The van der Waals surface area contributed by atoms with Gasteiger partial charge in [0.05, 0.1) is 23.8 Å². The largest absolute Gasteiger partial charge is 0.464 e. The van der Waals surface area contributed by atoms with Crippen molar-refractivity contribution < 1.29 is 9.21 Å². The predicted octanol–water partition coefficient (Wildman–Crippen LogP) is 5.60. The van der Waals surface area contributed by atoms with E-state index in [2.05, 4.69) is 6.92 Å². The summed E-state index contributed by atoms with van der Waals surface area (Å²) in [6, 6.07) is 15.5. The molecular weight excluding hydrogens is 362 g/mol. The quantitative estimate of drug-likeness (QED) is 0.446. The summed E-state index contributed by atoms with van der Waals surface area (Å²) in [4.78, 5) is 27.7. The smallest absolute Gasteiger partial charge is 0.223 e. The molecule has 4 heteroatoms. The monoisotopic (exact) mass is 391 g/mol. The van der Waals surface area contributed by atoms with E-state index in [4.69, 9.17) is 4.42 Å². The number of hydrogen-bond acceptors (Lipinski definition) is 3. The summed E-state index contributed by atoms with van der Waals surface area (Å²) in [5, 5.41) is 0.567. The molecule has 0 fully saturated rings. The first-order chi connectivity index (χ1) is 14.1. The number of nitrogens with zero attached hydrogens (tertiary/aromatic N) is 1. The van der Waals surface area contributed by atoms with Crippen LogP contribution in [0.3, 0.4) is 0 Å². The fourth-order valence-electron chi connectivity index (χ4n) is 3.50. The van der Waals surface area contributed by atoms with Crippen LogP contribution in [0.5, 0.6) is 0 Å². The molecule has 0 saturated carbocycles. The minimum absolute atomic E-state index is 0.0632. The molecule has 1 amide bonds. The van der Waals surface area contributed by atoms with Gasteiger partial charge in [-0.3, -0.25) is 9.59 Å². The van der Waals surface area contributed by atoms with E-state index < -0.39 is 0 Å². The van der Waals surface area contributed by atoms with Crippen LogP contribution in [0.1, 0.15) is 55.7 Å². The van der Waals surface area contributed by atoms with Crippen molar-refractivity contribution in [3.8, 4) is 0 Å². The Labute approximate surface area is 172 Å². The maximum Gasteiger partial charge on any atom is 0.223 e. The number of fused-ring (bicyclic) bond motifs is 1. The molecule has 0 atom stereocenters. The summed E-state index contributed by atoms with van der Waals surface area (Å²) < 4.78 is 5.68. The molecule has 0 aliphatic heterocycles. The minimum Gasteiger partial charge on any atom is -0.464 e. The molecule has 3 aromatic rings. The number of aryl methyl sites for hydroxylation is 1. The maximum absolute atomic E-state index is 13.0. The zero-order valence-electron chi connectivity index (χ0n) is 17.3. The second-order valence-electron chi connectivity index (χ2n) is 7.64. The molecule has 0 unspecified atom stereocenters. The normalized spacial score (nSPS) is 11.0. The number of rotatable bonds is 9. The molecule has 2 aromatic carbocycles. The zero-order chi connectivity index (χ0) is 20.6. The molecular formula is C25H29NO3. The zero-order valence-corrected chi connectivity index (χ0v) is 17.3. The summed E-state index contributed by atoms with van der Waals surface area (Å²) in [5.74, 6) is 0.0775. The SMILES string of the molecule is CCCCCCC(=O)N(Cc1ccccc1)Cc1coc2ccc(C)cc2c1=O. The molecule has 152 valence electrons. The van der Waals surface area contributed by atoms with E-state index >= 15 is 0 Å². The summed E-state index contributed by atoms with van der Waals surface area (Å²) >= 11 is 0. The van der Waals surface area contributed by atoms with Crippen LogP contribution in [0.25, 0.3) is 11.0 Å². The van der Waals surface area contributed by atoms with Crippen LogP contribution in [0.15, 0.2) is 64.0 Å². The molecule has 1 heterocycles. The van der Waals surface area contributed by atoms with Crippen molar-refractivity contribution in [1.82, 2.24) is 4.90 Å². The average Bonchev–Trinajstić information content (AvgIpc) is 2.73. The number of unbranched alkanes of at least 4 members (excludes halogenated alkanes) is 3. The van der Waals surface area contributed by atoms with Crippen LogP contribution in [0.2, 0.25) is 0 Å². The van der Waals surface area contributed by atoms with Crippen molar-refractivity contribution in [3.05, 3.63) is 81.7 Å². The predicted molar refractivity (Wildman–Crippen MR) is 117 cm³/mol. The third-order valence-corrected chi connectivity index (χ3v) is 5.17. The van der Waals surface area contributed by atoms with Crippen molar-refractivity contribution in [3.63, 3.8) is 0 Å². The van der Waals surface area contributed by atoms with Crippen LogP contribution in [0.4, 0.5) is 0 Å². The Balaban J connectivity index is 1.83. The van der Waals surface area contributed by atoms with Crippen molar-refractivity contribution in [2.45, 2.75) is 59.0 Å². The number of benzene rings is 2. The standard InChI is InChI=1S/C25H29NO3/c1-3-4-5-9-12-24(27)26(16-20-10-7-6-8-11-20)17-21-18-29-23-14-13-19(2)15-22(23)25(21)28/h6-8,10-11,13-15,18H,3-5,9,12,16-17H2,1-2H3. The van der Waals surface area contributed by atoms with E-state index in [1.807, 2.05) is 55.5 Å². The first kappa shape index (κ1) is 20.8. The summed E-state index contributed by atoms with van der Waals surface area (Å²) in [5.41, 5.74) is 3.09. The van der Waals surface area contributed by atoms with Gasteiger partial charge in [0.15, 0.2) is 5.43 Å². The van der Waals surface area contributed by atoms with Gasteiger partial charge >= 0.3 is 0 Å². The van der Waals surface area contributed by atoms with Gasteiger partial charge in [-0.1, -0.05) is 68.1 Å². The maximum atomic E-state index is 13.0. The minimum atomic E-state index is -0.0632. The molecule has 0 saturated heterocycles. The summed E-state index contributed by atoms with van der Waals surface area (Å²) in [6.45, 7) is 4.85. The Morgan fingerprint density at radius 1 is 1.00 bits per heavy atom. The van der Waals surface area contributed by atoms with Crippen molar-refractivity contribution in [1.29, 1.82) is 0 Å². The van der Waals surface area contributed by atoms with E-state index in [9.17, 15) is 9.59 Å². The van der Waals surface area contributed by atoms with Crippen molar-refractivity contribution >= 4 is 16.9 Å². The third-order valence-electron chi connectivity index (χ3n) is 5.17. The fourth-order valence-corrected chi connectivity index (χ4v) is 3.50. The topological polar surface area (TPSA) is 50.5 Å². The van der Waals surface area contributed by atoms with Gasteiger partial charge in [-0.05, 0) is 31.0 Å². The lowest BCUT2D eigenvalue weighted by Crippen LogP contribution is -2.31. The van der Waals surface area contributed by atoms with Gasteiger partial charge in [0, 0.05) is 13.0 Å². The molecule has 0 aliphatic carbocycles. The van der Waals surface area contributed by atoms with Gasteiger partial charge in [0.25, 0.3) is 0 Å². The highest BCUT2D eigenvalue weighted by molar-refractivity contribution is 5.78. The molecule has 3 rings (SSSR count). The van der Waals surface area contributed by atoms with Crippen LogP contribution in [-0.2, 0) is 17.9 Å². The molecule has 4 nitrogen and oxygen atoms in total. The van der Waals surface area contributed by atoms with Gasteiger partial charge in [-0.25, -0.2) is 0 Å². The van der Waals surface area contributed by atoms with Crippen LogP contribution >= 0.6 is 0 Å². The average molecular weight is 392 g/mol. The molecule has 0 aliphatic rings. The Bertz CT molecular complexity index is 1010. The highest BCUT2D eigenvalue weighted by Gasteiger charge is 2.17. The third kappa shape index (κ3) is 5.57. The van der Waals surface area contributed by atoms with Crippen LogP contribution in [0, 0.1) is 6.92 Å². The Kier molecular flexibility index (Phi) is 7.23. The highest BCUT2D eigenvalue weighted by Crippen LogP contribution is 2.16. The van der Waals surface area contributed by atoms with E-state index in [0.29, 0.717) is 29.5 Å². The molecule has 1 aromatic heterocycles. The summed E-state index contributed by atoms with van der Waals surface area (Å²) in [6.07, 6.45) is 6.22. The Morgan fingerprint density at radius 3 is 2.55 bits per heavy atom. The number of carbonyl (C=O) groups is 1. The fraction of sp³-hybridized carbons (Fsp3) is 0.360. The Morgan fingerprint density at radius 2 is 1.79 bits per heavy atom. The Hall–Kier alpha value is -2.88. The van der Waals surface area contributed by atoms with Gasteiger partial charge in [-0.2, -0.15) is 0 Å². The van der Waals surface area contributed by atoms with Gasteiger partial charge in [-0.15, -0.1) is 0 Å². The van der Waals surface area contributed by atoms with E-state index in [0.717, 1.165) is 36.8 Å². The molecule has 0 radical (unpaired) electrons. The number of amides is 1. The molecule has 29 heavy (non-hydrogen) atoms. The van der Waals surface area contributed by atoms with E-state index in [-0.39, 0.29) is 17.9 Å². The highest BCUT2D eigenvalue weighted by atomic mass is 16.3. The number of carbonyl (C=O) groups excluding carboxylic acids is 1. The second kappa shape index (κ2) is 10.1. The van der Waals surface area contributed by atoms with E-state index in [1.54, 1.807) is 4.90 Å². The molecule has 0 bridgehead atoms. The lowest BCUT2D eigenvalue weighted by Gasteiger charge is -2.23. The van der Waals surface area contributed by atoms with Gasteiger partial charge in [0.1, 0.15) is 5.58 Å². The van der Waals surface area contributed by atoms with E-state index in [1.165, 1.54) is 6.26 Å². The first-order valence-corrected chi connectivity index (χ1v) is 10.4. The number of hydrogen-bond donors (Lipinski definition) is 0. The first-order valence-electron chi connectivity index (χ1n) is 10.4. The lowest BCUT2D eigenvalue weighted by atomic mass is 10.1. The van der Waals surface area contributed by atoms with Gasteiger partial charge < -0.3 is 9.32 Å². The van der Waals surface area contributed by atoms with Crippen LogP contribution < -0.4 is 5.43 Å². The van der Waals surface area contributed by atoms with Crippen molar-refractivity contribution in [2.24, 2.45) is 0 Å². The lowest BCUT2D eigenvalue weighted by molar-refractivity contribution is -0.132. The van der Waals surface area contributed by atoms with Crippen LogP contribution in [-0.4, -0.2) is 10.8 Å². The molecule has 0 spiro atoms. The van der Waals surface area contributed by atoms with Gasteiger partial charge in [0.2, 0.25) is 5.91 Å².